The predicted octanol–water partition coefficient (Wildman–Crippen LogP) is 4.49. The average molecular weight is 403 g/mol. The SMILES string of the molecule is COc1ccc(Cl)cc1CSc1nnc(C)n1-c1cccc(NC(C)=O)c1. The van der Waals surface area contributed by atoms with Crippen LogP contribution in [0.2, 0.25) is 5.02 Å². The number of methoxy groups -OCH3 is 1. The normalized spacial score (nSPS) is 10.7. The molecule has 0 radical (unpaired) electrons. The fraction of sp³-hybridized carbons (Fsp3) is 0.211. The molecule has 2 aromatic carbocycles. The fourth-order valence-corrected chi connectivity index (χ4v) is 3.83. The van der Waals surface area contributed by atoms with Crippen LogP contribution in [0.25, 0.3) is 5.69 Å². The van der Waals surface area contributed by atoms with Crippen LogP contribution in [0.4, 0.5) is 5.69 Å². The first kappa shape index (κ1) is 19.3. The van der Waals surface area contributed by atoms with Crippen LogP contribution in [-0.4, -0.2) is 27.8 Å². The lowest BCUT2D eigenvalue weighted by Gasteiger charge is -2.12. The van der Waals surface area contributed by atoms with E-state index in [1.54, 1.807) is 13.2 Å². The van der Waals surface area contributed by atoms with E-state index in [0.717, 1.165) is 33.7 Å². The second kappa shape index (κ2) is 8.45. The van der Waals surface area contributed by atoms with Crippen molar-refractivity contribution < 1.29 is 9.53 Å². The fourth-order valence-electron chi connectivity index (χ4n) is 2.66. The number of amides is 1. The molecule has 3 rings (SSSR count). The number of benzene rings is 2. The highest BCUT2D eigenvalue weighted by Gasteiger charge is 2.14. The van der Waals surface area contributed by atoms with Crippen molar-refractivity contribution in [3.05, 3.63) is 58.9 Å². The summed E-state index contributed by atoms with van der Waals surface area (Å²) >= 11 is 7.65. The van der Waals surface area contributed by atoms with Gasteiger partial charge in [-0.25, -0.2) is 0 Å². The first-order chi connectivity index (χ1) is 13.0. The summed E-state index contributed by atoms with van der Waals surface area (Å²) in [6.45, 7) is 3.37. The van der Waals surface area contributed by atoms with E-state index in [1.807, 2.05) is 47.9 Å². The number of nitrogens with zero attached hydrogens (tertiary/aromatic N) is 3. The maximum Gasteiger partial charge on any atom is 0.221 e. The molecule has 0 fully saturated rings. The molecular weight excluding hydrogens is 384 g/mol. The Kier molecular flexibility index (Phi) is 6.03. The van der Waals surface area contributed by atoms with Crippen LogP contribution in [0, 0.1) is 6.92 Å². The van der Waals surface area contributed by atoms with Crippen molar-refractivity contribution in [2.45, 2.75) is 24.8 Å². The lowest BCUT2D eigenvalue weighted by molar-refractivity contribution is -0.114. The van der Waals surface area contributed by atoms with Crippen LogP contribution < -0.4 is 10.1 Å². The summed E-state index contributed by atoms with van der Waals surface area (Å²) < 4.78 is 7.36. The van der Waals surface area contributed by atoms with Gasteiger partial charge in [-0.05, 0) is 43.3 Å². The second-order valence-electron chi connectivity index (χ2n) is 5.84. The lowest BCUT2D eigenvalue weighted by Crippen LogP contribution is -2.07. The maximum absolute atomic E-state index is 11.3. The average Bonchev–Trinajstić information content (AvgIpc) is 3.00. The van der Waals surface area contributed by atoms with Gasteiger partial charge in [0.2, 0.25) is 5.91 Å². The molecule has 0 atom stereocenters. The minimum Gasteiger partial charge on any atom is -0.496 e. The van der Waals surface area contributed by atoms with Gasteiger partial charge in [0.1, 0.15) is 11.6 Å². The summed E-state index contributed by atoms with van der Waals surface area (Å²) in [5.74, 6) is 2.06. The van der Waals surface area contributed by atoms with Gasteiger partial charge in [-0.3, -0.25) is 9.36 Å². The third-order valence-electron chi connectivity index (χ3n) is 3.82. The second-order valence-corrected chi connectivity index (χ2v) is 7.22. The topological polar surface area (TPSA) is 69.0 Å². The Bertz CT molecular complexity index is 974. The van der Waals surface area contributed by atoms with Gasteiger partial charge in [-0.15, -0.1) is 10.2 Å². The van der Waals surface area contributed by atoms with Crippen LogP contribution in [0.5, 0.6) is 5.75 Å². The van der Waals surface area contributed by atoms with Crippen molar-refractivity contribution >= 4 is 35.0 Å². The molecule has 0 saturated heterocycles. The highest BCUT2D eigenvalue weighted by atomic mass is 35.5. The smallest absolute Gasteiger partial charge is 0.221 e. The molecule has 6 nitrogen and oxygen atoms in total. The third-order valence-corrected chi connectivity index (χ3v) is 5.03. The molecule has 3 aromatic rings. The van der Waals surface area contributed by atoms with Crippen molar-refractivity contribution in [3.8, 4) is 11.4 Å². The quantitative estimate of drug-likeness (QED) is 0.615. The zero-order chi connectivity index (χ0) is 19.4. The number of aryl methyl sites for hydroxylation is 1. The Morgan fingerprint density at radius 3 is 2.81 bits per heavy atom. The number of nitrogens with one attached hydrogen (secondary N) is 1. The first-order valence-corrected chi connectivity index (χ1v) is 9.59. The Hall–Kier alpha value is -2.51. The summed E-state index contributed by atoms with van der Waals surface area (Å²) in [6.07, 6.45) is 0. The summed E-state index contributed by atoms with van der Waals surface area (Å²) in [5, 5.41) is 12.7. The molecule has 0 aliphatic carbocycles. The molecule has 27 heavy (non-hydrogen) atoms. The number of ether oxygens (including phenoxy) is 1. The number of halogens is 1. The van der Waals surface area contributed by atoms with Gasteiger partial charge >= 0.3 is 0 Å². The Morgan fingerprint density at radius 1 is 1.26 bits per heavy atom. The molecule has 1 aromatic heterocycles. The lowest BCUT2D eigenvalue weighted by atomic mass is 10.2. The highest BCUT2D eigenvalue weighted by molar-refractivity contribution is 7.98. The van der Waals surface area contributed by atoms with Gasteiger partial charge < -0.3 is 10.1 Å². The first-order valence-electron chi connectivity index (χ1n) is 8.23. The van der Waals surface area contributed by atoms with E-state index in [-0.39, 0.29) is 5.91 Å². The standard InChI is InChI=1S/C19H19ClN4O2S/c1-12-22-23-19(27-11-14-9-15(20)7-8-18(14)26-3)24(12)17-6-4-5-16(10-17)21-13(2)25/h4-10H,11H2,1-3H3,(H,21,25). The van der Waals surface area contributed by atoms with Crippen LogP contribution in [-0.2, 0) is 10.5 Å². The number of thioether (sulfide) groups is 1. The number of hydrogen-bond acceptors (Lipinski definition) is 5. The minimum atomic E-state index is -0.115. The summed E-state index contributed by atoms with van der Waals surface area (Å²) in [4.78, 5) is 11.3. The zero-order valence-electron chi connectivity index (χ0n) is 15.2. The van der Waals surface area contributed by atoms with Gasteiger partial charge in [0.05, 0.1) is 12.8 Å². The molecular formula is C19H19ClN4O2S. The van der Waals surface area contributed by atoms with E-state index in [9.17, 15) is 4.79 Å². The van der Waals surface area contributed by atoms with Crippen LogP contribution in [0.15, 0.2) is 47.6 Å². The number of carbonyl (C=O) groups is 1. The molecule has 0 saturated carbocycles. The van der Waals surface area contributed by atoms with Crippen molar-refractivity contribution in [2.24, 2.45) is 0 Å². The molecule has 0 unspecified atom stereocenters. The van der Waals surface area contributed by atoms with E-state index in [4.69, 9.17) is 16.3 Å². The van der Waals surface area contributed by atoms with E-state index >= 15 is 0 Å². The predicted molar refractivity (Wildman–Crippen MR) is 108 cm³/mol. The number of carbonyl (C=O) groups excluding carboxylic acids is 1. The largest absolute Gasteiger partial charge is 0.496 e. The monoisotopic (exact) mass is 402 g/mol. The number of anilines is 1. The Morgan fingerprint density at radius 2 is 2.07 bits per heavy atom. The van der Waals surface area contributed by atoms with E-state index in [0.29, 0.717) is 10.8 Å². The van der Waals surface area contributed by atoms with Crippen LogP contribution in [0.3, 0.4) is 0 Å². The number of hydrogen-bond donors (Lipinski definition) is 1. The molecule has 140 valence electrons. The van der Waals surface area contributed by atoms with Crippen LogP contribution in [0.1, 0.15) is 18.3 Å². The van der Waals surface area contributed by atoms with Crippen molar-refractivity contribution in [1.82, 2.24) is 14.8 Å². The van der Waals surface area contributed by atoms with Crippen molar-refractivity contribution in [3.63, 3.8) is 0 Å². The summed E-state index contributed by atoms with van der Waals surface area (Å²) in [5.41, 5.74) is 2.58. The Labute approximate surface area is 166 Å². The molecule has 0 bridgehead atoms. The molecule has 0 aliphatic heterocycles. The summed E-state index contributed by atoms with van der Waals surface area (Å²) in [7, 11) is 1.64. The van der Waals surface area contributed by atoms with Gasteiger partial charge in [0.25, 0.3) is 0 Å². The minimum absolute atomic E-state index is 0.115. The van der Waals surface area contributed by atoms with Gasteiger partial charge in [-0.1, -0.05) is 29.4 Å². The number of aromatic nitrogens is 3. The van der Waals surface area contributed by atoms with E-state index in [1.165, 1.54) is 18.7 Å². The molecule has 1 heterocycles. The molecule has 0 aliphatic rings. The van der Waals surface area contributed by atoms with E-state index < -0.39 is 0 Å². The zero-order valence-corrected chi connectivity index (χ0v) is 16.8. The van der Waals surface area contributed by atoms with Crippen molar-refractivity contribution in [2.75, 3.05) is 12.4 Å². The van der Waals surface area contributed by atoms with E-state index in [2.05, 4.69) is 15.5 Å². The van der Waals surface area contributed by atoms with Crippen LogP contribution >= 0.6 is 23.4 Å². The Balaban J connectivity index is 1.88. The molecule has 8 heteroatoms. The van der Waals surface area contributed by atoms with Gasteiger partial charge in [0.15, 0.2) is 5.16 Å². The van der Waals surface area contributed by atoms with Gasteiger partial charge in [0, 0.05) is 29.0 Å². The maximum atomic E-state index is 11.3. The molecule has 0 spiro atoms. The van der Waals surface area contributed by atoms with Crippen molar-refractivity contribution in [1.29, 1.82) is 0 Å². The number of rotatable bonds is 6. The molecule has 1 N–H and O–H groups in total. The summed E-state index contributed by atoms with van der Waals surface area (Å²) in [6, 6.07) is 13.1. The third kappa shape index (κ3) is 4.61. The highest BCUT2D eigenvalue weighted by Crippen LogP contribution is 2.31. The molecule has 1 amide bonds. The van der Waals surface area contributed by atoms with Gasteiger partial charge in [-0.2, -0.15) is 0 Å².